The van der Waals surface area contributed by atoms with E-state index in [2.05, 4.69) is 36.0 Å². The van der Waals surface area contributed by atoms with Crippen molar-refractivity contribution in [1.82, 2.24) is 19.6 Å². The summed E-state index contributed by atoms with van der Waals surface area (Å²) in [6, 6.07) is 0.513. The molecule has 0 bridgehead atoms. The number of hydrogen-bond donors (Lipinski definition) is 0. The Morgan fingerprint density at radius 3 is 3.24 bits per heavy atom. The molecule has 0 spiro atoms. The van der Waals surface area contributed by atoms with Crippen LogP contribution in [0.15, 0.2) is 18.7 Å². The van der Waals surface area contributed by atoms with Crippen molar-refractivity contribution in [3.63, 3.8) is 0 Å². The maximum Gasteiger partial charge on any atom is 0.203 e. The van der Waals surface area contributed by atoms with Crippen molar-refractivity contribution >= 4 is 27.4 Å². The van der Waals surface area contributed by atoms with Gasteiger partial charge < -0.3 is 4.90 Å². The number of piperidine rings is 1. The maximum absolute atomic E-state index is 4.48. The van der Waals surface area contributed by atoms with Crippen LogP contribution in [0.2, 0.25) is 0 Å². The number of aromatic nitrogens is 4. The summed E-state index contributed by atoms with van der Waals surface area (Å²) in [5.74, 6) is 0.953. The van der Waals surface area contributed by atoms with E-state index in [9.17, 15) is 0 Å². The van der Waals surface area contributed by atoms with Crippen molar-refractivity contribution in [2.24, 2.45) is 0 Å². The van der Waals surface area contributed by atoms with Crippen molar-refractivity contribution in [3.8, 4) is 0 Å². The summed E-state index contributed by atoms with van der Waals surface area (Å²) in [4.78, 5) is 6.83. The highest BCUT2D eigenvalue weighted by Crippen LogP contribution is 2.26. The summed E-state index contributed by atoms with van der Waals surface area (Å²) < 4.78 is 1.92. The standard InChI is InChI=1S/C11H14BrN5/c12-7-9-3-1-2-5-17(9)10-11-15-14-8-16(11)6-4-13-10/h4,6,8-9H,1-3,5,7H2. The van der Waals surface area contributed by atoms with Crippen LogP contribution in [0, 0.1) is 0 Å². The van der Waals surface area contributed by atoms with Gasteiger partial charge in [-0.1, -0.05) is 15.9 Å². The molecule has 0 aromatic carbocycles. The zero-order valence-corrected chi connectivity index (χ0v) is 11.0. The third-order valence-electron chi connectivity index (χ3n) is 3.27. The predicted octanol–water partition coefficient (Wildman–Crippen LogP) is 1.88. The number of halogens is 1. The van der Waals surface area contributed by atoms with Crippen LogP contribution in [0.3, 0.4) is 0 Å². The van der Waals surface area contributed by atoms with Gasteiger partial charge >= 0.3 is 0 Å². The Kier molecular flexibility index (Phi) is 2.96. The third-order valence-corrected chi connectivity index (χ3v) is 4.02. The first-order valence-electron chi connectivity index (χ1n) is 5.87. The SMILES string of the molecule is BrCC1CCCCN1c1nccn2cnnc12. The van der Waals surface area contributed by atoms with Crippen molar-refractivity contribution in [2.75, 3.05) is 16.8 Å². The average Bonchev–Trinajstić information content (AvgIpc) is 2.86. The van der Waals surface area contributed by atoms with Gasteiger partial charge in [0.25, 0.3) is 0 Å². The lowest BCUT2D eigenvalue weighted by Crippen LogP contribution is -2.41. The molecule has 2 aromatic heterocycles. The minimum atomic E-state index is 0.513. The first-order chi connectivity index (χ1) is 8.40. The first kappa shape index (κ1) is 11.0. The minimum absolute atomic E-state index is 0.513. The second-order valence-corrected chi connectivity index (χ2v) is 4.96. The summed E-state index contributed by atoms with van der Waals surface area (Å²) in [6.45, 7) is 1.05. The van der Waals surface area contributed by atoms with Gasteiger partial charge in [0.15, 0.2) is 5.82 Å². The topological polar surface area (TPSA) is 46.3 Å². The van der Waals surface area contributed by atoms with Crippen LogP contribution in [-0.4, -0.2) is 37.5 Å². The number of rotatable bonds is 2. The van der Waals surface area contributed by atoms with Gasteiger partial charge in [0.1, 0.15) is 6.33 Å². The van der Waals surface area contributed by atoms with Crippen molar-refractivity contribution in [3.05, 3.63) is 18.7 Å². The van der Waals surface area contributed by atoms with Gasteiger partial charge in [-0.25, -0.2) is 4.98 Å². The normalized spacial score (nSPS) is 21.0. The van der Waals surface area contributed by atoms with Gasteiger partial charge in [-0.05, 0) is 19.3 Å². The Bertz CT molecular complexity index is 511. The fourth-order valence-electron chi connectivity index (χ4n) is 2.39. The Morgan fingerprint density at radius 1 is 1.41 bits per heavy atom. The lowest BCUT2D eigenvalue weighted by Gasteiger charge is -2.35. The Labute approximate surface area is 108 Å². The zero-order valence-electron chi connectivity index (χ0n) is 9.46. The molecule has 1 aliphatic rings. The molecule has 1 unspecified atom stereocenters. The number of nitrogens with zero attached hydrogens (tertiary/aromatic N) is 5. The molecule has 5 nitrogen and oxygen atoms in total. The average molecular weight is 296 g/mol. The van der Waals surface area contributed by atoms with E-state index in [1.54, 1.807) is 6.33 Å². The van der Waals surface area contributed by atoms with Crippen LogP contribution >= 0.6 is 15.9 Å². The molecule has 0 N–H and O–H groups in total. The summed E-state index contributed by atoms with van der Waals surface area (Å²) >= 11 is 3.59. The van der Waals surface area contributed by atoms with Crippen LogP contribution in [0.4, 0.5) is 5.82 Å². The highest BCUT2D eigenvalue weighted by Gasteiger charge is 2.24. The molecule has 6 heteroatoms. The first-order valence-corrected chi connectivity index (χ1v) is 6.99. The summed E-state index contributed by atoms with van der Waals surface area (Å²) in [5, 5.41) is 9.07. The van der Waals surface area contributed by atoms with Crippen LogP contribution in [0.25, 0.3) is 5.65 Å². The number of anilines is 1. The highest BCUT2D eigenvalue weighted by molar-refractivity contribution is 9.09. The van der Waals surface area contributed by atoms with Crippen molar-refractivity contribution < 1.29 is 0 Å². The Hall–Kier alpha value is -1.17. The van der Waals surface area contributed by atoms with E-state index in [0.29, 0.717) is 6.04 Å². The second kappa shape index (κ2) is 4.60. The highest BCUT2D eigenvalue weighted by atomic mass is 79.9. The van der Waals surface area contributed by atoms with Gasteiger partial charge in [-0.15, -0.1) is 10.2 Å². The molecule has 17 heavy (non-hydrogen) atoms. The van der Waals surface area contributed by atoms with Gasteiger partial charge in [-0.2, -0.15) is 0 Å². The molecule has 3 rings (SSSR count). The third kappa shape index (κ3) is 1.90. The molecule has 0 amide bonds. The smallest absolute Gasteiger partial charge is 0.203 e. The number of alkyl halides is 1. The molecule has 1 aliphatic heterocycles. The molecular weight excluding hydrogens is 282 g/mol. The van der Waals surface area contributed by atoms with Gasteiger partial charge in [0.2, 0.25) is 5.65 Å². The quantitative estimate of drug-likeness (QED) is 0.794. The molecule has 1 atom stereocenters. The van der Waals surface area contributed by atoms with Gasteiger partial charge in [0, 0.05) is 30.3 Å². The van der Waals surface area contributed by atoms with Crippen LogP contribution < -0.4 is 4.90 Å². The summed E-state index contributed by atoms with van der Waals surface area (Å²) in [7, 11) is 0. The maximum atomic E-state index is 4.48. The Balaban J connectivity index is 2.04. The molecule has 0 saturated carbocycles. The van der Waals surface area contributed by atoms with E-state index in [0.717, 1.165) is 23.3 Å². The molecule has 90 valence electrons. The molecule has 2 aromatic rings. The van der Waals surface area contributed by atoms with Crippen LogP contribution in [0.5, 0.6) is 0 Å². The number of hydrogen-bond acceptors (Lipinski definition) is 4. The lowest BCUT2D eigenvalue weighted by atomic mass is 10.0. The molecule has 3 heterocycles. The molecule has 1 fully saturated rings. The number of fused-ring (bicyclic) bond motifs is 1. The molecule has 0 radical (unpaired) electrons. The van der Waals surface area contributed by atoms with Gasteiger partial charge in [0.05, 0.1) is 0 Å². The zero-order chi connectivity index (χ0) is 11.7. The van der Waals surface area contributed by atoms with E-state index in [-0.39, 0.29) is 0 Å². The molecule has 0 aliphatic carbocycles. The summed E-state index contributed by atoms with van der Waals surface area (Å²) in [6.07, 6.45) is 9.14. The van der Waals surface area contributed by atoms with Gasteiger partial charge in [-0.3, -0.25) is 4.40 Å². The van der Waals surface area contributed by atoms with Crippen molar-refractivity contribution in [2.45, 2.75) is 25.3 Å². The minimum Gasteiger partial charge on any atom is -0.350 e. The van der Waals surface area contributed by atoms with E-state index in [1.807, 2.05) is 16.8 Å². The van der Waals surface area contributed by atoms with Crippen LogP contribution in [0.1, 0.15) is 19.3 Å². The summed E-state index contributed by atoms with van der Waals surface area (Å²) in [5.41, 5.74) is 0.848. The molecule has 1 saturated heterocycles. The Morgan fingerprint density at radius 2 is 2.35 bits per heavy atom. The monoisotopic (exact) mass is 295 g/mol. The fourth-order valence-corrected chi connectivity index (χ4v) is 3.06. The second-order valence-electron chi connectivity index (χ2n) is 4.31. The largest absolute Gasteiger partial charge is 0.350 e. The van der Waals surface area contributed by atoms with E-state index >= 15 is 0 Å². The molecular formula is C11H14BrN5. The van der Waals surface area contributed by atoms with Crippen molar-refractivity contribution in [1.29, 1.82) is 0 Å². The lowest BCUT2D eigenvalue weighted by molar-refractivity contribution is 0.488. The van der Waals surface area contributed by atoms with E-state index in [1.165, 1.54) is 19.3 Å². The predicted molar refractivity (Wildman–Crippen MR) is 69.6 cm³/mol. The van der Waals surface area contributed by atoms with Crippen LogP contribution in [-0.2, 0) is 0 Å². The van der Waals surface area contributed by atoms with E-state index in [4.69, 9.17) is 0 Å². The fraction of sp³-hybridized carbons (Fsp3) is 0.545. The van der Waals surface area contributed by atoms with E-state index < -0.39 is 0 Å².